The number of amides is 1. The molecule has 0 radical (unpaired) electrons. The Balaban J connectivity index is 1.86. The summed E-state index contributed by atoms with van der Waals surface area (Å²) in [5.74, 6) is 0.0453. The number of aryl methyl sites for hydroxylation is 1. The predicted molar refractivity (Wildman–Crippen MR) is 75.3 cm³/mol. The molecule has 0 saturated heterocycles. The Labute approximate surface area is 112 Å². The van der Waals surface area contributed by atoms with Gasteiger partial charge in [-0.3, -0.25) is 4.79 Å². The van der Waals surface area contributed by atoms with Crippen molar-refractivity contribution < 1.29 is 9.90 Å². The molecule has 0 saturated carbocycles. The Morgan fingerprint density at radius 3 is 2.58 bits per heavy atom. The summed E-state index contributed by atoms with van der Waals surface area (Å²) in [6.07, 6.45) is 0.811. The smallest absolute Gasteiger partial charge is 0.251 e. The van der Waals surface area contributed by atoms with Crippen LogP contribution in [-0.2, 0) is 6.42 Å². The van der Waals surface area contributed by atoms with Crippen LogP contribution in [0.2, 0.25) is 0 Å². The van der Waals surface area contributed by atoms with Crippen molar-refractivity contribution in [3.05, 3.63) is 65.2 Å². The Hall–Kier alpha value is -2.29. The van der Waals surface area contributed by atoms with E-state index in [0.717, 1.165) is 6.42 Å². The van der Waals surface area contributed by atoms with Crippen LogP contribution in [0.5, 0.6) is 5.75 Å². The lowest BCUT2D eigenvalue weighted by Crippen LogP contribution is -2.25. The maximum absolute atomic E-state index is 11.8. The van der Waals surface area contributed by atoms with E-state index >= 15 is 0 Å². The molecule has 0 aliphatic carbocycles. The molecular formula is C16H17NO2. The maximum atomic E-state index is 11.8. The number of carbonyl (C=O) groups excluding carboxylic acids is 1. The van der Waals surface area contributed by atoms with E-state index in [1.807, 2.05) is 6.07 Å². The van der Waals surface area contributed by atoms with Crippen molar-refractivity contribution >= 4 is 5.91 Å². The van der Waals surface area contributed by atoms with Gasteiger partial charge in [-0.2, -0.15) is 0 Å². The van der Waals surface area contributed by atoms with Crippen LogP contribution in [0.3, 0.4) is 0 Å². The highest BCUT2D eigenvalue weighted by Crippen LogP contribution is 2.09. The van der Waals surface area contributed by atoms with Crippen LogP contribution in [0.15, 0.2) is 48.5 Å². The number of hydrogen-bond donors (Lipinski definition) is 2. The predicted octanol–water partition coefficient (Wildman–Crippen LogP) is 2.67. The molecule has 0 aliphatic rings. The Morgan fingerprint density at radius 2 is 1.89 bits per heavy atom. The van der Waals surface area contributed by atoms with Crippen molar-refractivity contribution in [3.63, 3.8) is 0 Å². The molecule has 2 aromatic carbocycles. The van der Waals surface area contributed by atoms with Gasteiger partial charge in [-0.15, -0.1) is 0 Å². The Morgan fingerprint density at radius 1 is 1.16 bits per heavy atom. The fourth-order valence-corrected chi connectivity index (χ4v) is 1.90. The van der Waals surface area contributed by atoms with Gasteiger partial charge in [0.05, 0.1) is 0 Å². The topological polar surface area (TPSA) is 49.3 Å². The summed E-state index contributed by atoms with van der Waals surface area (Å²) >= 11 is 0. The zero-order valence-corrected chi connectivity index (χ0v) is 10.9. The second-order valence-electron chi connectivity index (χ2n) is 4.54. The lowest BCUT2D eigenvalue weighted by Gasteiger charge is -2.06. The third-order valence-corrected chi connectivity index (χ3v) is 2.91. The molecule has 0 aromatic heterocycles. The molecule has 3 nitrogen and oxygen atoms in total. The van der Waals surface area contributed by atoms with Crippen molar-refractivity contribution in [1.29, 1.82) is 0 Å². The molecule has 2 rings (SSSR count). The maximum Gasteiger partial charge on any atom is 0.251 e. The number of hydrogen-bond acceptors (Lipinski definition) is 2. The van der Waals surface area contributed by atoms with Crippen molar-refractivity contribution in [2.75, 3.05) is 6.54 Å². The van der Waals surface area contributed by atoms with Gasteiger partial charge in [-0.1, -0.05) is 29.8 Å². The molecule has 98 valence electrons. The summed E-state index contributed by atoms with van der Waals surface area (Å²) in [6, 6.07) is 14.5. The largest absolute Gasteiger partial charge is 0.508 e. The van der Waals surface area contributed by atoms with E-state index in [0.29, 0.717) is 12.1 Å². The van der Waals surface area contributed by atoms with Crippen LogP contribution < -0.4 is 5.32 Å². The third kappa shape index (κ3) is 3.85. The molecule has 0 aliphatic heterocycles. The molecule has 3 heteroatoms. The van der Waals surface area contributed by atoms with E-state index in [1.54, 1.807) is 12.1 Å². The number of carbonyl (C=O) groups is 1. The highest BCUT2D eigenvalue weighted by molar-refractivity contribution is 5.94. The molecule has 1 amide bonds. The van der Waals surface area contributed by atoms with Crippen molar-refractivity contribution in [1.82, 2.24) is 5.32 Å². The molecule has 2 N–H and O–H groups in total. The lowest BCUT2D eigenvalue weighted by molar-refractivity contribution is 0.0954. The van der Waals surface area contributed by atoms with Crippen LogP contribution in [-0.4, -0.2) is 17.6 Å². The molecule has 0 heterocycles. The first-order valence-corrected chi connectivity index (χ1v) is 6.28. The van der Waals surface area contributed by atoms with Gasteiger partial charge in [0, 0.05) is 12.1 Å². The fraction of sp³-hybridized carbons (Fsp3) is 0.188. The minimum absolute atomic E-state index is 0.118. The first kappa shape index (κ1) is 13.1. The summed E-state index contributed by atoms with van der Waals surface area (Å²) < 4.78 is 0. The highest BCUT2D eigenvalue weighted by Gasteiger charge is 2.04. The summed E-state index contributed by atoms with van der Waals surface area (Å²) in [6.45, 7) is 2.65. The number of rotatable bonds is 4. The molecular weight excluding hydrogens is 238 g/mol. The van der Waals surface area contributed by atoms with Crippen LogP contribution >= 0.6 is 0 Å². The molecule has 19 heavy (non-hydrogen) atoms. The van der Waals surface area contributed by atoms with Crippen molar-refractivity contribution in [3.8, 4) is 5.75 Å². The molecule has 0 unspecified atom stereocenters. The summed E-state index contributed by atoms with van der Waals surface area (Å²) in [7, 11) is 0. The minimum Gasteiger partial charge on any atom is -0.508 e. The van der Waals surface area contributed by atoms with Crippen LogP contribution in [0, 0.1) is 6.92 Å². The quantitative estimate of drug-likeness (QED) is 0.882. The number of phenolic OH excluding ortho intramolecular Hbond substituents is 1. The lowest BCUT2D eigenvalue weighted by atomic mass is 10.1. The molecule has 0 atom stereocenters. The average molecular weight is 255 g/mol. The first-order valence-electron chi connectivity index (χ1n) is 6.28. The van der Waals surface area contributed by atoms with E-state index in [1.165, 1.54) is 23.3 Å². The third-order valence-electron chi connectivity index (χ3n) is 2.91. The Kier molecular flexibility index (Phi) is 4.18. The van der Waals surface area contributed by atoms with Gasteiger partial charge in [0.15, 0.2) is 0 Å². The summed E-state index contributed by atoms with van der Waals surface area (Å²) in [5.41, 5.74) is 3.00. The SMILES string of the molecule is Cc1cccc(CCNC(=O)c2ccc(O)cc2)c1. The highest BCUT2D eigenvalue weighted by atomic mass is 16.3. The molecule has 0 fully saturated rings. The van der Waals surface area contributed by atoms with Gasteiger partial charge in [0.2, 0.25) is 0 Å². The first-order chi connectivity index (χ1) is 9.15. The second-order valence-corrected chi connectivity index (χ2v) is 4.54. The zero-order valence-electron chi connectivity index (χ0n) is 10.9. The summed E-state index contributed by atoms with van der Waals surface area (Å²) in [4.78, 5) is 11.8. The van der Waals surface area contributed by atoms with Gasteiger partial charge in [-0.25, -0.2) is 0 Å². The van der Waals surface area contributed by atoms with E-state index < -0.39 is 0 Å². The Bertz CT molecular complexity index is 561. The van der Waals surface area contributed by atoms with Crippen LogP contribution in [0.1, 0.15) is 21.5 Å². The van der Waals surface area contributed by atoms with Gasteiger partial charge < -0.3 is 10.4 Å². The number of phenols is 1. The zero-order chi connectivity index (χ0) is 13.7. The van der Waals surface area contributed by atoms with E-state index in [-0.39, 0.29) is 11.7 Å². The van der Waals surface area contributed by atoms with Crippen molar-refractivity contribution in [2.45, 2.75) is 13.3 Å². The molecule has 2 aromatic rings. The van der Waals surface area contributed by atoms with E-state index in [9.17, 15) is 4.79 Å². The number of benzene rings is 2. The van der Waals surface area contributed by atoms with Crippen molar-refractivity contribution in [2.24, 2.45) is 0 Å². The van der Waals surface area contributed by atoms with Gasteiger partial charge in [0.25, 0.3) is 5.91 Å². The normalized spacial score (nSPS) is 10.2. The van der Waals surface area contributed by atoms with E-state index in [4.69, 9.17) is 5.11 Å². The van der Waals surface area contributed by atoms with Gasteiger partial charge in [0.1, 0.15) is 5.75 Å². The monoisotopic (exact) mass is 255 g/mol. The second kappa shape index (κ2) is 6.05. The minimum atomic E-state index is -0.118. The van der Waals surface area contributed by atoms with Gasteiger partial charge >= 0.3 is 0 Å². The van der Waals surface area contributed by atoms with Gasteiger partial charge in [-0.05, 0) is 43.2 Å². The average Bonchev–Trinajstić information content (AvgIpc) is 2.39. The van der Waals surface area contributed by atoms with E-state index in [2.05, 4.69) is 30.4 Å². The summed E-state index contributed by atoms with van der Waals surface area (Å²) in [5, 5.41) is 12.0. The number of nitrogens with one attached hydrogen (secondary N) is 1. The number of aromatic hydroxyl groups is 1. The standard InChI is InChI=1S/C16H17NO2/c1-12-3-2-4-13(11-12)9-10-17-16(19)14-5-7-15(18)8-6-14/h2-8,11,18H,9-10H2,1H3,(H,17,19). The van der Waals surface area contributed by atoms with Crippen LogP contribution in [0.25, 0.3) is 0 Å². The van der Waals surface area contributed by atoms with Crippen LogP contribution in [0.4, 0.5) is 0 Å². The molecule has 0 bridgehead atoms. The fourth-order valence-electron chi connectivity index (χ4n) is 1.90. The molecule has 0 spiro atoms.